The lowest BCUT2D eigenvalue weighted by Gasteiger charge is -2.07. The molecule has 1 amide bonds. The number of thioether (sulfide) groups is 1. The number of nitro groups is 1. The summed E-state index contributed by atoms with van der Waals surface area (Å²) < 4.78 is 2.59. The molecule has 9 heteroatoms. The number of anilines is 1. The number of nitro benzene ring substituents is 1. The van der Waals surface area contributed by atoms with E-state index in [4.69, 9.17) is 0 Å². The number of rotatable bonds is 4. The number of thiazole rings is 1. The van der Waals surface area contributed by atoms with Gasteiger partial charge in [-0.3, -0.25) is 14.9 Å². The number of non-ortho nitro benzene ring substituents is 1. The summed E-state index contributed by atoms with van der Waals surface area (Å²) in [6.07, 6.45) is 1.96. The van der Waals surface area contributed by atoms with Crippen LogP contribution in [0.5, 0.6) is 0 Å². The highest BCUT2D eigenvalue weighted by molar-refractivity contribution is 14.1. The van der Waals surface area contributed by atoms with E-state index >= 15 is 0 Å². The van der Waals surface area contributed by atoms with Crippen molar-refractivity contribution in [1.82, 2.24) is 4.98 Å². The van der Waals surface area contributed by atoms with E-state index < -0.39 is 4.92 Å². The Morgan fingerprint density at radius 1 is 1.33 bits per heavy atom. The maximum atomic E-state index is 12.5. The Kier molecular flexibility index (Phi) is 5.01. The van der Waals surface area contributed by atoms with Gasteiger partial charge in [0.1, 0.15) is 0 Å². The number of nitrogens with one attached hydrogen (secondary N) is 1. The topological polar surface area (TPSA) is 85.1 Å². The van der Waals surface area contributed by atoms with Crippen molar-refractivity contribution in [3.8, 4) is 0 Å². The molecule has 3 rings (SSSR count). The van der Waals surface area contributed by atoms with Crippen LogP contribution in [-0.4, -0.2) is 22.1 Å². The van der Waals surface area contributed by atoms with Gasteiger partial charge in [0.2, 0.25) is 0 Å². The third-order valence-corrected chi connectivity index (χ3v) is 6.15. The van der Waals surface area contributed by atoms with Crippen LogP contribution < -0.4 is 5.32 Å². The molecule has 1 aromatic heterocycles. The Morgan fingerprint density at radius 3 is 2.83 bits per heavy atom. The van der Waals surface area contributed by atoms with Crippen molar-refractivity contribution in [3.63, 3.8) is 0 Å². The van der Waals surface area contributed by atoms with Gasteiger partial charge in [-0.2, -0.15) is 0 Å². The minimum atomic E-state index is -0.514. The van der Waals surface area contributed by atoms with Crippen molar-refractivity contribution < 1.29 is 9.72 Å². The average molecular weight is 471 g/mol. The van der Waals surface area contributed by atoms with E-state index in [1.807, 2.05) is 41.0 Å². The molecule has 0 aliphatic heterocycles. The van der Waals surface area contributed by atoms with E-state index in [9.17, 15) is 14.9 Å². The van der Waals surface area contributed by atoms with Crippen LogP contribution in [0.2, 0.25) is 0 Å². The molecule has 0 bridgehead atoms. The quantitative estimate of drug-likeness (QED) is 0.256. The van der Waals surface area contributed by atoms with Gasteiger partial charge in [-0.1, -0.05) is 11.8 Å². The summed E-state index contributed by atoms with van der Waals surface area (Å²) in [5.74, 6) is -0.378. The zero-order valence-corrected chi connectivity index (χ0v) is 16.1. The normalized spacial score (nSPS) is 10.8. The molecule has 122 valence electrons. The highest BCUT2D eigenvalue weighted by Crippen LogP contribution is 2.30. The number of amides is 1. The zero-order chi connectivity index (χ0) is 17.3. The molecule has 0 fully saturated rings. The standard InChI is InChI=1S/C15H10IN3O3S2/c1-23-15-18-12-5-2-8(6-13(12)24-15)17-14(20)10-7-9(19(21)22)3-4-11(10)16/h2-7H,1H3,(H,17,20). The minimum absolute atomic E-state index is 0.108. The molecule has 1 N–H and O–H groups in total. The Morgan fingerprint density at radius 2 is 2.12 bits per heavy atom. The average Bonchev–Trinajstić information content (AvgIpc) is 2.97. The largest absolute Gasteiger partial charge is 0.322 e. The van der Waals surface area contributed by atoms with Crippen LogP contribution in [0.1, 0.15) is 10.4 Å². The Hall–Kier alpha value is -1.72. The molecular weight excluding hydrogens is 461 g/mol. The second-order valence-electron chi connectivity index (χ2n) is 4.74. The first-order valence-electron chi connectivity index (χ1n) is 6.68. The second kappa shape index (κ2) is 7.03. The molecule has 0 atom stereocenters. The molecule has 0 saturated heterocycles. The first-order chi connectivity index (χ1) is 11.5. The van der Waals surface area contributed by atoms with Crippen molar-refractivity contribution in [2.24, 2.45) is 0 Å². The predicted octanol–water partition coefficient (Wildman–Crippen LogP) is 4.78. The van der Waals surface area contributed by atoms with Crippen LogP contribution in [0.3, 0.4) is 0 Å². The molecule has 0 aliphatic rings. The van der Waals surface area contributed by atoms with E-state index in [0.29, 0.717) is 9.26 Å². The van der Waals surface area contributed by atoms with Crippen molar-refractivity contribution in [2.75, 3.05) is 11.6 Å². The van der Waals surface area contributed by atoms with Gasteiger partial charge in [0.05, 0.1) is 20.7 Å². The molecule has 3 aromatic rings. The summed E-state index contributed by atoms with van der Waals surface area (Å²) in [5, 5.41) is 13.7. The first-order valence-corrected chi connectivity index (χ1v) is 9.80. The van der Waals surface area contributed by atoms with Crippen molar-refractivity contribution in [2.45, 2.75) is 4.34 Å². The van der Waals surface area contributed by atoms with E-state index in [-0.39, 0.29) is 17.2 Å². The van der Waals surface area contributed by atoms with Gasteiger partial charge >= 0.3 is 0 Å². The van der Waals surface area contributed by atoms with Gasteiger partial charge in [0.25, 0.3) is 11.6 Å². The molecule has 0 aliphatic carbocycles. The fourth-order valence-corrected chi connectivity index (χ4v) is 4.18. The molecule has 2 aromatic carbocycles. The van der Waals surface area contributed by atoms with Crippen LogP contribution in [0.4, 0.5) is 11.4 Å². The SMILES string of the molecule is CSc1nc2ccc(NC(=O)c3cc([N+](=O)[O-])ccc3I)cc2s1. The monoisotopic (exact) mass is 471 g/mol. The van der Waals surface area contributed by atoms with Crippen LogP contribution in [-0.2, 0) is 0 Å². The van der Waals surface area contributed by atoms with E-state index in [0.717, 1.165) is 14.6 Å². The Bertz CT molecular complexity index is 958. The summed E-state index contributed by atoms with van der Waals surface area (Å²) in [5.41, 5.74) is 1.68. The lowest BCUT2D eigenvalue weighted by atomic mass is 10.2. The number of aromatic nitrogens is 1. The molecule has 6 nitrogen and oxygen atoms in total. The van der Waals surface area contributed by atoms with Gasteiger partial charge in [-0.15, -0.1) is 11.3 Å². The van der Waals surface area contributed by atoms with Crippen LogP contribution in [0, 0.1) is 13.7 Å². The molecule has 24 heavy (non-hydrogen) atoms. The molecule has 0 saturated carbocycles. The summed E-state index contributed by atoms with van der Waals surface area (Å²) in [6, 6.07) is 9.70. The smallest absolute Gasteiger partial charge is 0.270 e. The number of carbonyl (C=O) groups excluding carboxylic acids is 1. The van der Waals surface area contributed by atoms with Crippen LogP contribution in [0.15, 0.2) is 40.7 Å². The third-order valence-electron chi connectivity index (χ3n) is 3.21. The minimum Gasteiger partial charge on any atom is -0.322 e. The molecule has 0 radical (unpaired) electrons. The van der Waals surface area contributed by atoms with E-state index in [1.54, 1.807) is 35.2 Å². The van der Waals surface area contributed by atoms with Gasteiger partial charge in [0.15, 0.2) is 4.34 Å². The number of nitrogens with zero attached hydrogens (tertiary/aromatic N) is 2. The summed E-state index contributed by atoms with van der Waals surface area (Å²) >= 11 is 5.11. The number of halogens is 1. The number of hydrogen-bond donors (Lipinski definition) is 1. The van der Waals surface area contributed by atoms with Gasteiger partial charge < -0.3 is 5.32 Å². The number of hydrogen-bond acceptors (Lipinski definition) is 6. The van der Waals surface area contributed by atoms with Crippen LogP contribution in [0.25, 0.3) is 10.2 Å². The number of carbonyl (C=O) groups is 1. The predicted molar refractivity (Wildman–Crippen MR) is 105 cm³/mol. The van der Waals surface area contributed by atoms with Gasteiger partial charge in [0, 0.05) is 21.4 Å². The lowest BCUT2D eigenvalue weighted by molar-refractivity contribution is -0.384. The first kappa shape index (κ1) is 17.1. The second-order valence-corrected chi connectivity index (χ2v) is 7.99. The maximum absolute atomic E-state index is 12.5. The fraction of sp³-hybridized carbons (Fsp3) is 0.0667. The zero-order valence-electron chi connectivity index (χ0n) is 12.3. The Labute approximate surface area is 159 Å². The van der Waals surface area contributed by atoms with Crippen LogP contribution >= 0.6 is 45.7 Å². The third kappa shape index (κ3) is 3.52. The maximum Gasteiger partial charge on any atom is 0.270 e. The molecule has 0 unspecified atom stereocenters. The van der Waals surface area contributed by atoms with E-state index in [2.05, 4.69) is 10.3 Å². The fourth-order valence-electron chi connectivity index (χ4n) is 2.07. The molecule has 0 spiro atoms. The number of benzene rings is 2. The van der Waals surface area contributed by atoms with Crippen molar-refractivity contribution in [3.05, 3.63) is 55.6 Å². The van der Waals surface area contributed by atoms with E-state index in [1.165, 1.54) is 12.1 Å². The van der Waals surface area contributed by atoms with Gasteiger partial charge in [-0.05, 0) is 53.1 Å². The Balaban J connectivity index is 1.89. The lowest BCUT2D eigenvalue weighted by Crippen LogP contribution is -2.13. The number of fused-ring (bicyclic) bond motifs is 1. The summed E-state index contributed by atoms with van der Waals surface area (Å²) in [6.45, 7) is 0. The van der Waals surface area contributed by atoms with Crippen molar-refractivity contribution >= 4 is 73.2 Å². The molecular formula is C15H10IN3O3S2. The molecule has 1 heterocycles. The highest BCUT2D eigenvalue weighted by Gasteiger charge is 2.16. The van der Waals surface area contributed by atoms with Gasteiger partial charge in [-0.25, -0.2) is 4.98 Å². The summed E-state index contributed by atoms with van der Waals surface area (Å²) in [7, 11) is 0. The summed E-state index contributed by atoms with van der Waals surface area (Å²) in [4.78, 5) is 27.3. The highest BCUT2D eigenvalue weighted by atomic mass is 127. The van der Waals surface area contributed by atoms with Crippen molar-refractivity contribution in [1.29, 1.82) is 0 Å².